The summed E-state index contributed by atoms with van der Waals surface area (Å²) in [7, 11) is 0. The van der Waals surface area contributed by atoms with Crippen LogP contribution in [-0.4, -0.2) is 41.4 Å². The molecule has 4 heteroatoms. The summed E-state index contributed by atoms with van der Waals surface area (Å²) in [4.78, 5) is 14.3. The van der Waals surface area contributed by atoms with Gasteiger partial charge in [0.15, 0.2) is 0 Å². The highest BCUT2D eigenvalue weighted by Gasteiger charge is 2.28. The fourth-order valence-electron chi connectivity index (χ4n) is 2.30. The fraction of sp³-hybridized carbons (Fsp3) is 0.533. The van der Waals surface area contributed by atoms with Crippen LogP contribution in [0.5, 0.6) is 0 Å². The third-order valence-corrected chi connectivity index (χ3v) is 4.19. The van der Waals surface area contributed by atoms with Gasteiger partial charge in [0.2, 0.25) is 5.91 Å². The summed E-state index contributed by atoms with van der Waals surface area (Å²) in [6, 6.07) is 10.3. The summed E-state index contributed by atoms with van der Waals surface area (Å²) in [5.74, 6) is 0.227. The number of rotatable bonds is 4. The van der Waals surface area contributed by atoms with E-state index in [9.17, 15) is 4.79 Å². The standard InChI is InChI=1S/C15H20BrNO2/c1-12-11-19-14(9-16)10-17(12)15(18)8-7-13-5-3-2-4-6-13/h2-6,12,14H,7-11H2,1H3. The van der Waals surface area contributed by atoms with Gasteiger partial charge in [-0.25, -0.2) is 0 Å². The van der Waals surface area contributed by atoms with E-state index in [0.717, 1.165) is 11.8 Å². The lowest BCUT2D eigenvalue weighted by atomic mass is 10.1. The number of aryl methyl sites for hydroxylation is 1. The van der Waals surface area contributed by atoms with Gasteiger partial charge in [-0.1, -0.05) is 46.3 Å². The average Bonchev–Trinajstić information content (AvgIpc) is 2.46. The molecular weight excluding hydrogens is 306 g/mol. The Morgan fingerprint density at radius 2 is 2.16 bits per heavy atom. The minimum absolute atomic E-state index is 0.122. The van der Waals surface area contributed by atoms with Gasteiger partial charge in [-0.3, -0.25) is 4.79 Å². The Kier molecular flexibility index (Phi) is 5.40. The van der Waals surface area contributed by atoms with Crippen molar-refractivity contribution >= 4 is 21.8 Å². The van der Waals surface area contributed by atoms with E-state index in [4.69, 9.17) is 4.74 Å². The molecule has 0 spiro atoms. The van der Waals surface area contributed by atoms with Crippen LogP contribution in [0.4, 0.5) is 0 Å². The van der Waals surface area contributed by atoms with Crippen LogP contribution in [0.1, 0.15) is 18.9 Å². The van der Waals surface area contributed by atoms with Gasteiger partial charge in [0, 0.05) is 18.3 Å². The Morgan fingerprint density at radius 3 is 2.84 bits per heavy atom. The molecule has 1 fully saturated rings. The molecular formula is C15H20BrNO2. The minimum atomic E-state index is 0.122. The largest absolute Gasteiger partial charge is 0.373 e. The van der Waals surface area contributed by atoms with E-state index in [1.807, 2.05) is 30.0 Å². The van der Waals surface area contributed by atoms with Gasteiger partial charge in [0.05, 0.1) is 18.8 Å². The number of ether oxygens (including phenoxy) is 1. The van der Waals surface area contributed by atoms with Gasteiger partial charge in [-0.2, -0.15) is 0 Å². The molecule has 0 N–H and O–H groups in total. The number of carbonyl (C=O) groups excluding carboxylic acids is 1. The first-order valence-electron chi connectivity index (χ1n) is 6.71. The number of benzene rings is 1. The van der Waals surface area contributed by atoms with Crippen LogP contribution in [-0.2, 0) is 16.0 Å². The Hall–Kier alpha value is -0.870. The van der Waals surface area contributed by atoms with E-state index < -0.39 is 0 Å². The molecule has 1 aliphatic heterocycles. The maximum absolute atomic E-state index is 12.3. The van der Waals surface area contributed by atoms with E-state index in [2.05, 4.69) is 28.1 Å². The maximum atomic E-state index is 12.3. The molecule has 0 radical (unpaired) electrons. The number of carbonyl (C=O) groups is 1. The van der Waals surface area contributed by atoms with Crippen molar-refractivity contribution in [3.05, 3.63) is 35.9 Å². The third-order valence-electron chi connectivity index (χ3n) is 3.47. The van der Waals surface area contributed by atoms with Crippen molar-refractivity contribution in [1.82, 2.24) is 4.90 Å². The van der Waals surface area contributed by atoms with Crippen molar-refractivity contribution < 1.29 is 9.53 Å². The van der Waals surface area contributed by atoms with Gasteiger partial charge in [0.25, 0.3) is 0 Å². The van der Waals surface area contributed by atoms with Crippen LogP contribution < -0.4 is 0 Å². The molecule has 1 aromatic rings. The number of morpholine rings is 1. The summed E-state index contributed by atoms with van der Waals surface area (Å²) in [6.07, 6.45) is 1.50. The van der Waals surface area contributed by atoms with Gasteiger partial charge >= 0.3 is 0 Å². The van der Waals surface area contributed by atoms with Gasteiger partial charge in [-0.15, -0.1) is 0 Å². The Balaban J connectivity index is 1.88. The molecule has 104 valence electrons. The van der Waals surface area contributed by atoms with Crippen LogP contribution >= 0.6 is 15.9 Å². The van der Waals surface area contributed by atoms with Crippen molar-refractivity contribution in [2.45, 2.75) is 31.9 Å². The molecule has 19 heavy (non-hydrogen) atoms. The first-order valence-corrected chi connectivity index (χ1v) is 7.84. The van der Waals surface area contributed by atoms with Crippen LogP contribution in [0.2, 0.25) is 0 Å². The molecule has 3 nitrogen and oxygen atoms in total. The quantitative estimate of drug-likeness (QED) is 0.796. The zero-order valence-electron chi connectivity index (χ0n) is 11.2. The number of halogens is 1. The monoisotopic (exact) mass is 325 g/mol. The lowest BCUT2D eigenvalue weighted by molar-refractivity contribution is -0.142. The van der Waals surface area contributed by atoms with Crippen LogP contribution in [0.3, 0.4) is 0 Å². The zero-order valence-corrected chi connectivity index (χ0v) is 12.8. The number of hydrogen-bond acceptors (Lipinski definition) is 2. The molecule has 0 aliphatic carbocycles. The molecule has 0 aromatic heterocycles. The molecule has 1 heterocycles. The molecule has 2 atom stereocenters. The highest BCUT2D eigenvalue weighted by molar-refractivity contribution is 9.09. The second kappa shape index (κ2) is 7.06. The molecule has 1 aliphatic rings. The number of nitrogens with zero attached hydrogens (tertiary/aromatic N) is 1. The van der Waals surface area contributed by atoms with E-state index in [-0.39, 0.29) is 18.1 Å². The van der Waals surface area contributed by atoms with Gasteiger partial charge in [0.1, 0.15) is 0 Å². The van der Waals surface area contributed by atoms with E-state index >= 15 is 0 Å². The predicted molar refractivity (Wildman–Crippen MR) is 79.5 cm³/mol. The van der Waals surface area contributed by atoms with Crippen molar-refractivity contribution in [2.24, 2.45) is 0 Å². The van der Waals surface area contributed by atoms with E-state index in [0.29, 0.717) is 19.6 Å². The van der Waals surface area contributed by atoms with E-state index in [1.54, 1.807) is 0 Å². The average molecular weight is 326 g/mol. The molecule has 0 saturated carbocycles. The Bertz CT molecular complexity index is 410. The normalized spacial score (nSPS) is 23.4. The second-order valence-electron chi connectivity index (χ2n) is 4.99. The van der Waals surface area contributed by atoms with Crippen LogP contribution in [0.25, 0.3) is 0 Å². The molecule has 1 amide bonds. The smallest absolute Gasteiger partial charge is 0.223 e. The topological polar surface area (TPSA) is 29.5 Å². The van der Waals surface area contributed by atoms with Gasteiger partial charge < -0.3 is 9.64 Å². The van der Waals surface area contributed by atoms with Gasteiger partial charge in [-0.05, 0) is 18.9 Å². The predicted octanol–water partition coefficient (Wildman–Crippen LogP) is 2.63. The molecule has 2 unspecified atom stereocenters. The minimum Gasteiger partial charge on any atom is -0.373 e. The molecule has 1 aromatic carbocycles. The highest BCUT2D eigenvalue weighted by Crippen LogP contribution is 2.15. The van der Waals surface area contributed by atoms with Crippen LogP contribution in [0, 0.1) is 0 Å². The maximum Gasteiger partial charge on any atom is 0.223 e. The third kappa shape index (κ3) is 4.05. The summed E-state index contributed by atoms with van der Waals surface area (Å²) < 4.78 is 5.64. The second-order valence-corrected chi connectivity index (χ2v) is 5.64. The Morgan fingerprint density at radius 1 is 1.42 bits per heavy atom. The molecule has 1 saturated heterocycles. The lowest BCUT2D eigenvalue weighted by Crippen LogP contribution is -2.51. The summed E-state index contributed by atoms with van der Waals surface area (Å²) >= 11 is 3.42. The van der Waals surface area contributed by atoms with Crippen molar-refractivity contribution in [1.29, 1.82) is 0 Å². The number of alkyl halides is 1. The van der Waals surface area contributed by atoms with Crippen LogP contribution in [0.15, 0.2) is 30.3 Å². The van der Waals surface area contributed by atoms with E-state index in [1.165, 1.54) is 5.56 Å². The van der Waals surface area contributed by atoms with Crippen molar-refractivity contribution in [3.8, 4) is 0 Å². The molecule has 2 rings (SSSR count). The SMILES string of the molecule is CC1COC(CBr)CN1C(=O)CCc1ccccc1. The summed E-state index contributed by atoms with van der Waals surface area (Å²) in [6.45, 7) is 3.37. The first-order chi connectivity index (χ1) is 9.20. The number of hydrogen-bond donors (Lipinski definition) is 0. The lowest BCUT2D eigenvalue weighted by Gasteiger charge is -2.37. The highest BCUT2D eigenvalue weighted by atomic mass is 79.9. The summed E-state index contributed by atoms with van der Waals surface area (Å²) in [5.41, 5.74) is 1.22. The van der Waals surface area contributed by atoms with Crippen molar-refractivity contribution in [3.63, 3.8) is 0 Å². The summed E-state index contributed by atoms with van der Waals surface area (Å²) in [5, 5.41) is 0.780. The number of amides is 1. The Labute approximate surface area is 123 Å². The first kappa shape index (κ1) is 14.5. The molecule has 0 bridgehead atoms. The fourth-order valence-corrected chi connectivity index (χ4v) is 2.69. The van der Waals surface area contributed by atoms with Crippen molar-refractivity contribution in [2.75, 3.05) is 18.5 Å². The zero-order chi connectivity index (χ0) is 13.7.